The maximum Gasteiger partial charge on any atom is 0.253 e. The molecule has 2 amide bonds. The molecule has 27 heavy (non-hydrogen) atoms. The molecule has 1 aromatic carbocycles. The normalized spacial score (nSPS) is 20.1. The molecule has 2 unspecified atom stereocenters. The summed E-state index contributed by atoms with van der Waals surface area (Å²) in [5.41, 5.74) is 1.000. The second-order valence-electron chi connectivity index (χ2n) is 7.50. The van der Waals surface area contributed by atoms with E-state index in [1.807, 2.05) is 0 Å². The van der Waals surface area contributed by atoms with E-state index >= 15 is 0 Å². The van der Waals surface area contributed by atoms with Crippen LogP contribution < -0.4 is 20.7 Å². The lowest BCUT2D eigenvalue weighted by Gasteiger charge is -2.28. The van der Waals surface area contributed by atoms with Crippen LogP contribution in [0.1, 0.15) is 49.4 Å². The van der Waals surface area contributed by atoms with Gasteiger partial charge in [0.1, 0.15) is 5.75 Å². The maximum absolute atomic E-state index is 12.5. The number of methoxy groups -OCH3 is 1. The first-order chi connectivity index (χ1) is 12.6. The fourth-order valence-electron chi connectivity index (χ4n) is 3.46. The van der Waals surface area contributed by atoms with Crippen molar-refractivity contribution in [3.8, 4) is 5.75 Å². The summed E-state index contributed by atoms with van der Waals surface area (Å²) in [5, 5.41) is 9.31. The SMILES string of the molecule is COc1ccc(NC(=O)CC(C)C2CCCNC2)c(C(=O)NC2CC2)c1.Cl. The topological polar surface area (TPSA) is 79.5 Å². The van der Waals surface area contributed by atoms with Gasteiger partial charge >= 0.3 is 0 Å². The van der Waals surface area contributed by atoms with Gasteiger partial charge in [0, 0.05) is 12.5 Å². The van der Waals surface area contributed by atoms with Crippen LogP contribution in [-0.2, 0) is 4.79 Å². The lowest BCUT2D eigenvalue weighted by molar-refractivity contribution is -0.117. The van der Waals surface area contributed by atoms with Gasteiger partial charge in [-0.1, -0.05) is 6.92 Å². The molecule has 1 aliphatic heterocycles. The zero-order valence-electron chi connectivity index (χ0n) is 16.0. The number of rotatable bonds is 7. The van der Waals surface area contributed by atoms with Crippen molar-refractivity contribution in [2.45, 2.75) is 45.1 Å². The van der Waals surface area contributed by atoms with Gasteiger partial charge in [0.15, 0.2) is 0 Å². The molecular weight excluding hydrogens is 366 g/mol. The van der Waals surface area contributed by atoms with Crippen molar-refractivity contribution >= 4 is 29.9 Å². The van der Waals surface area contributed by atoms with Crippen LogP contribution in [0.4, 0.5) is 5.69 Å². The number of halogens is 1. The Morgan fingerprint density at radius 3 is 2.70 bits per heavy atom. The van der Waals surface area contributed by atoms with E-state index in [1.54, 1.807) is 25.3 Å². The first kappa shape index (κ1) is 21.5. The summed E-state index contributed by atoms with van der Waals surface area (Å²) >= 11 is 0. The molecule has 6 nitrogen and oxygen atoms in total. The Kier molecular flexibility index (Phi) is 7.92. The molecule has 3 rings (SSSR count). The van der Waals surface area contributed by atoms with Gasteiger partial charge in [0.05, 0.1) is 18.4 Å². The molecule has 1 aromatic rings. The Labute approximate surface area is 167 Å². The molecule has 1 saturated carbocycles. The fourth-order valence-corrected chi connectivity index (χ4v) is 3.46. The molecule has 0 radical (unpaired) electrons. The quantitative estimate of drug-likeness (QED) is 0.663. The van der Waals surface area contributed by atoms with Crippen molar-refractivity contribution in [1.82, 2.24) is 10.6 Å². The second kappa shape index (κ2) is 9.95. The van der Waals surface area contributed by atoms with E-state index in [9.17, 15) is 9.59 Å². The predicted octanol–water partition coefficient (Wildman–Crippen LogP) is 2.97. The van der Waals surface area contributed by atoms with Crippen molar-refractivity contribution < 1.29 is 14.3 Å². The third-order valence-corrected chi connectivity index (χ3v) is 5.31. The molecule has 1 aliphatic carbocycles. The number of amides is 2. The number of benzene rings is 1. The molecular formula is C20H30ClN3O3. The maximum atomic E-state index is 12.5. The van der Waals surface area contributed by atoms with E-state index in [1.165, 1.54) is 12.8 Å². The third kappa shape index (κ3) is 6.11. The number of carbonyl (C=O) groups is 2. The summed E-state index contributed by atoms with van der Waals surface area (Å²) in [7, 11) is 1.57. The molecule has 0 aromatic heterocycles. The van der Waals surface area contributed by atoms with Crippen molar-refractivity contribution in [3.05, 3.63) is 23.8 Å². The number of piperidine rings is 1. The van der Waals surface area contributed by atoms with Gasteiger partial charge in [-0.2, -0.15) is 0 Å². The summed E-state index contributed by atoms with van der Waals surface area (Å²) in [6.07, 6.45) is 4.83. The van der Waals surface area contributed by atoms with E-state index in [4.69, 9.17) is 4.74 Å². The molecule has 1 saturated heterocycles. The number of anilines is 1. The second-order valence-corrected chi connectivity index (χ2v) is 7.50. The van der Waals surface area contributed by atoms with Crippen LogP contribution in [0.3, 0.4) is 0 Å². The average molecular weight is 396 g/mol. The largest absolute Gasteiger partial charge is 0.497 e. The van der Waals surface area contributed by atoms with E-state index in [0.29, 0.717) is 35.3 Å². The summed E-state index contributed by atoms with van der Waals surface area (Å²) in [6.45, 7) is 4.18. The first-order valence-electron chi connectivity index (χ1n) is 9.56. The smallest absolute Gasteiger partial charge is 0.253 e. The first-order valence-corrected chi connectivity index (χ1v) is 9.56. The lowest BCUT2D eigenvalue weighted by atomic mass is 9.85. The highest BCUT2D eigenvalue weighted by atomic mass is 35.5. The molecule has 0 bridgehead atoms. The van der Waals surface area contributed by atoms with Crippen LogP contribution >= 0.6 is 12.4 Å². The number of nitrogens with one attached hydrogen (secondary N) is 3. The molecule has 0 spiro atoms. The van der Waals surface area contributed by atoms with Gasteiger partial charge in [-0.15, -0.1) is 12.4 Å². The monoisotopic (exact) mass is 395 g/mol. The minimum absolute atomic E-state index is 0. The minimum atomic E-state index is -0.161. The van der Waals surface area contributed by atoms with Gasteiger partial charge in [0.2, 0.25) is 5.91 Å². The molecule has 1 heterocycles. The zero-order chi connectivity index (χ0) is 18.5. The van der Waals surface area contributed by atoms with Crippen LogP contribution in [0.15, 0.2) is 18.2 Å². The Hall–Kier alpha value is -1.79. The minimum Gasteiger partial charge on any atom is -0.497 e. The van der Waals surface area contributed by atoms with Crippen LogP contribution in [0, 0.1) is 11.8 Å². The van der Waals surface area contributed by atoms with Crippen LogP contribution in [0.5, 0.6) is 5.75 Å². The Morgan fingerprint density at radius 1 is 1.30 bits per heavy atom. The van der Waals surface area contributed by atoms with E-state index in [2.05, 4.69) is 22.9 Å². The van der Waals surface area contributed by atoms with Crippen LogP contribution in [-0.4, -0.2) is 38.1 Å². The molecule has 2 fully saturated rings. The van der Waals surface area contributed by atoms with Crippen LogP contribution in [0.25, 0.3) is 0 Å². The highest BCUT2D eigenvalue weighted by Gasteiger charge is 2.26. The number of carbonyl (C=O) groups excluding carboxylic acids is 2. The van der Waals surface area contributed by atoms with E-state index in [0.717, 1.165) is 25.9 Å². The molecule has 150 valence electrons. The summed E-state index contributed by atoms with van der Waals surface area (Å²) < 4.78 is 5.23. The predicted molar refractivity (Wildman–Crippen MR) is 109 cm³/mol. The molecule has 2 atom stereocenters. The van der Waals surface area contributed by atoms with Gasteiger partial charge in [-0.3, -0.25) is 9.59 Å². The molecule has 2 aliphatic rings. The third-order valence-electron chi connectivity index (χ3n) is 5.31. The van der Waals surface area contributed by atoms with Crippen molar-refractivity contribution in [2.24, 2.45) is 11.8 Å². The Bertz CT molecular complexity index is 658. The Balaban J connectivity index is 0.00000261. The van der Waals surface area contributed by atoms with Gasteiger partial charge in [-0.25, -0.2) is 0 Å². The van der Waals surface area contributed by atoms with Gasteiger partial charge < -0.3 is 20.7 Å². The number of hydrogen-bond acceptors (Lipinski definition) is 4. The highest BCUT2D eigenvalue weighted by molar-refractivity contribution is 6.04. The summed E-state index contributed by atoms with van der Waals surface area (Å²) in [4.78, 5) is 25.0. The van der Waals surface area contributed by atoms with Gasteiger partial charge in [-0.05, 0) is 68.8 Å². The summed E-state index contributed by atoms with van der Waals surface area (Å²) in [5.74, 6) is 1.23. The lowest BCUT2D eigenvalue weighted by Crippen LogP contribution is -2.34. The van der Waals surface area contributed by atoms with Gasteiger partial charge in [0.25, 0.3) is 5.91 Å². The molecule has 7 heteroatoms. The van der Waals surface area contributed by atoms with E-state index in [-0.39, 0.29) is 30.3 Å². The van der Waals surface area contributed by atoms with Crippen LogP contribution in [0.2, 0.25) is 0 Å². The average Bonchev–Trinajstić information content (AvgIpc) is 3.46. The summed E-state index contributed by atoms with van der Waals surface area (Å²) in [6, 6.07) is 5.45. The number of hydrogen-bond donors (Lipinski definition) is 3. The molecule has 3 N–H and O–H groups in total. The number of ether oxygens (including phenoxy) is 1. The van der Waals surface area contributed by atoms with E-state index < -0.39 is 0 Å². The fraction of sp³-hybridized carbons (Fsp3) is 0.600. The van der Waals surface area contributed by atoms with Crippen molar-refractivity contribution in [1.29, 1.82) is 0 Å². The Morgan fingerprint density at radius 2 is 2.07 bits per heavy atom. The van der Waals surface area contributed by atoms with Crippen molar-refractivity contribution in [2.75, 3.05) is 25.5 Å². The van der Waals surface area contributed by atoms with Crippen molar-refractivity contribution in [3.63, 3.8) is 0 Å². The zero-order valence-corrected chi connectivity index (χ0v) is 16.9. The standard InChI is InChI=1S/C20H29N3O3.ClH/c1-13(14-4-3-9-21-12-14)10-19(24)23-18-8-7-16(26-2)11-17(18)20(25)22-15-5-6-15;/h7-8,11,13-15,21H,3-6,9-10,12H2,1-2H3,(H,22,25)(H,23,24);1H. The highest BCUT2D eigenvalue weighted by Crippen LogP contribution is 2.26.